The summed E-state index contributed by atoms with van der Waals surface area (Å²) in [4.78, 5) is 30.0. The Bertz CT molecular complexity index is 1020. The van der Waals surface area contributed by atoms with Gasteiger partial charge in [0, 0.05) is 31.8 Å². The number of ether oxygens (including phenoxy) is 2. The zero-order valence-corrected chi connectivity index (χ0v) is 23.2. The molecule has 2 fully saturated rings. The lowest BCUT2D eigenvalue weighted by atomic mass is 9.77. The van der Waals surface area contributed by atoms with E-state index in [9.17, 15) is 9.59 Å². The van der Waals surface area contributed by atoms with E-state index in [2.05, 4.69) is 10.2 Å². The van der Waals surface area contributed by atoms with Crippen molar-refractivity contribution < 1.29 is 19.1 Å². The molecule has 0 aliphatic carbocycles. The van der Waals surface area contributed by atoms with Gasteiger partial charge in [-0.2, -0.15) is 0 Å². The second-order valence-electron chi connectivity index (χ2n) is 9.84. The second kappa shape index (κ2) is 13.5. The zero-order valence-electron chi connectivity index (χ0n) is 21.6. The van der Waals surface area contributed by atoms with Crippen molar-refractivity contribution in [2.45, 2.75) is 38.3 Å². The number of carbonyl (C=O) groups excluding carboxylic acids is 2. The minimum absolute atomic E-state index is 0. The number of nitrogens with one attached hydrogen (secondary N) is 1. The standard InChI is InChI=1S/C28H36ClN3O4.ClH/c1-35-20-26(33)30-25(22-5-7-23(29)8-6-22)11-15-31-16-12-28(13-17-31)14-18-32(27(28)34)19-21-3-9-24(36-2)10-4-21;/h3-10,25H,11-20H2,1-2H3,(H,30,33);1H. The minimum atomic E-state index is -0.231. The van der Waals surface area contributed by atoms with Crippen molar-refractivity contribution in [3.05, 3.63) is 64.7 Å². The summed E-state index contributed by atoms with van der Waals surface area (Å²) in [6, 6.07) is 15.4. The molecule has 0 saturated carbocycles. The lowest BCUT2D eigenvalue weighted by molar-refractivity contribution is -0.139. The van der Waals surface area contributed by atoms with Crippen LogP contribution in [-0.4, -0.2) is 68.6 Å². The van der Waals surface area contributed by atoms with E-state index < -0.39 is 0 Å². The summed E-state index contributed by atoms with van der Waals surface area (Å²) >= 11 is 6.06. The molecule has 9 heteroatoms. The number of benzene rings is 2. The molecule has 2 saturated heterocycles. The fraction of sp³-hybridized carbons (Fsp3) is 0.500. The molecule has 2 aromatic carbocycles. The van der Waals surface area contributed by atoms with Crippen LogP contribution in [0.4, 0.5) is 0 Å². The van der Waals surface area contributed by atoms with E-state index in [1.807, 2.05) is 53.4 Å². The number of hydrogen-bond donors (Lipinski definition) is 1. The molecular formula is C28H37Cl2N3O4. The Labute approximate surface area is 230 Å². The topological polar surface area (TPSA) is 71.1 Å². The number of carbonyl (C=O) groups is 2. The van der Waals surface area contributed by atoms with Crippen LogP contribution in [0, 0.1) is 5.41 Å². The van der Waals surface area contributed by atoms with Gasteiger partial charge in [-0.15, -0.1) is 12.4 Å². The Morgan fingerprint density at radius 3 is 2.30 bits per heavy atom. The van der Waals surface area contributed by atoms with E-state index in [0.29, 0.717) is 17.5 Å². The normalized spacial score (nSPS) is 17.9. The van der Waals surface area contributed by atoms with Crippen molar-refractivity contribution in [3.63, 3.8) is 0 Å². The van der Waals surface area contributed by atoms with Crippen molar-refractivity contribution in [1.82, 2.24) is 15.1 Å². The summed E-state index contributed by atoms with van der Waals surface area (Å²) in [7, 11) is 3.17. The van der Waals surface area contributed by atoms with Gasteiger partial charge in [0.2, 0.25) is 11.8 Å². The zero-order chi connectivity index (χ0) is 25.5. The maximum atomic E-state index is 13.4. The summed E-state index contributed by atoms with van der Waals surface area (Å²) in [5.41, 5.74) is 1.92. The van der Waals surface area contributed by atoms with Gasteiger partial charge in [0.25, 0.3) is 0 Å². The van der Waals surface area contributed by atoms with Gasteiger partial charge in [0.05, 0.1) is 18.6 Å². The van der Waals surface area contributed by atoms with Gasteiger partial charge in [0.15, 0.2) is 0 Å². The Kier molecular flexibility index (Phi) is 10.6. The van der Waals surface area contributed by atoms with Crippen LogP contribution in [0.25, 0.3) is 0 Å². The van der Waals surface area contributed by atoms with E-state index in [4.69, 9.17) is 21.1 Å². The molecule has 2 aliphatic rings. The lowest BCUT2D eigenvalue weighted by Crippen LogP contribution is -2.45. The smallest absolute Gasteiger partial charge is 0.246 e. The first kappa shape index (κ1) is 29.2. The summed E-state index contributed by atoms with van der Waals surface area (Å²) in [5.74, 6) is 0.985. The monoisotopic (exact) mass is 549 g/mol. The second-order valence-corrected chi connectivity index (χ2v) is 10.3. The Hall–Kier alpha value is -2.32. The van der Waals surface area contributed by atoms with Crippen molar-refractivity contribution in [2.75, 3.05) is 47.0 Å². The lowest BCUT2D eigenvalue weighted by Gasteiger charge is -2.38. The van der Waals surface area contributed by atoms with Crippen molar-refractivity contribution in [2.24, 2.45) is 5.41 Å². The number of likely N-dealkylation sites (tertiary alicyclic amines) is 2. The van der Waals surface area contributed by atoms with Gasteiger partial charge in [-0.25, -0.2) is 0 Å². The molecule has 1 N–H and O–H groups in total. The molecule has 2 amide bonds. The van der Waals surface area contributed by atoms with Crippen LogP contribution >= 0.6 is 24.0 Å². The van der Waals surface area contributed by atoms with E-state index in [-0.39, 0.29) is 36.4 Å². The molecule has 7 nitrogen and oxygen atoms in total. The SMILES string of the molecule is COCC(=O)NC(CCN1CCC2(CC1)CCN(Cc1ccc(OC)cc1)C2=O)c1ccc(Cl)cc1.Cl. The first-order valence-corrected chi connectivity index (χ1v) is 13.0. The number of hydrogen-bond acceptors (Lipinski definition) is 5. The highest BCUT2D eigenvalue weighted by atomic mass is 35.5. The fourth-order valence-electron chi connectivity index (χ4n) is 5.36. The third kappa shape index (κ3) is 7.38. The molecule has 4 rings (SSSR count). The summed E-state index contributed by atoms with van der Waals surface area (Å²) < 4.78 is 10.2. The van der Waals surface area contributed by atoms with Gasteiger partial charge in [-0.05, 0) is 74.2 Å². The van der Waals surface area contributed by atoms with Crippen molar-refractivity contribution in [1.29, 1.82) is 0 Å². The highest BCUT2D eigenvalue weighted by Crippen LogP contribution is 2.42. The van der Waals surface area contributed by atoms with Crippen LogP contribution in [0.1, 0.15) is 42.9 Å². The highest BCUT2D eigenvalue weighted by molar-refractivity contribution is 6.30. The molecule has 37 heavy (non-hydrogen) atoms. The average Bonchev–Trinajstić information content (AvgIpc) is 3.18. The van der Waals surface area contributed by atoms with E-state index in [1.165, 1.54) is 7.11 Å². The van der Waals surface area contributed by atoms with Gasteiger partial charge < -0.3 is 24.6 Å². The van der Waals surface area contributed by atoms with Crippen LogP contribution in [-0.2, 0) is 20.9 Å². The number of methoxy groups -OCH3 is 2. The Morgan fingerprint density at radius 2 is 1.68 bits per heavy atom. The molecule has 0 aromatic heterocycles. The van der Waals surface area contributed by atoms with Crippen LogP contribution in [0.15, 0.2) is 48.5 Å². The highest BCUT2D eigenvalue weighted by Gasteiger charge is 2.47. The van der Waals surface area contributed by atoms with Crippen LogP contribution in [0.5, 0.6) is 5.75 Å². The maximum absolute atomic E-state index is 13.4. The summed E-state index contributed by atoms with van der Waals surface area (Å²) in [6.45, 7) is 4.13. The number of rotatable bonds is 10. The van der Waals surface area contributed by atoms with Crippen LogP contribution in [0.2, 0.25) is 5.02 Å². The predicted molar refractivity (Wildman–Crippen MR) is 147 cm³/mol. The third-order valence-electron chi connectivity index (χ3n) is 7.56. The number of amides is 2. The quantitative estimate of drug-likeness (QED) is 0.473. The molecule has 2 heterocycles. The number of piperidine rings is 1. The average molecular weight is 551 g/mol. The Balaban J connectivity index is 0.00000380. The Morgan fingerprint density at radius 1 is 1.03 bits per heavy atom. The molecule has 2 aromatic rings. The molecule has 1 atom stereocenters. The number of halogens is 2. The number of nitrogens with zero attached hydrogens (tertiary/aromatic N) is 2. The van der Waals surface area contributed by atoms with Crippen LogP contribution < -0.4 is 10.1 Å². The summed E-state index contributed by atoms with van der Waals surface area (Å²) in [5, 5.41) is 3.75. The molecule has 1 unspecified atom stereocenters. The molecule has 202 valence electrons. The van der Waals surface area contributed by atoms with Gasteiger partial charge in [0.1, 0.15) is 12.4 Å². The first-order chi connectivity index (χ1) is 17.4. The van der Waals surface area contributed by atoms with E-state index >= 15 is 0 Å². The van der Waals surface area contributed by atoms with Crippen molar-refractivity contribution in [3.8, 4) is 5.75 Å². The van der Waals surface area contributed by atoms with Gasteiger partial charge in [-0.1, -0.05) is 35.9 Å². The largest absolute Gasteiger partial charge is 0.497 e. The minimum Gasteiger partial charge on any atom is -0.497 e. The third-order valence-corrected chi connectivity index (χ3v) is 7.82. The van der Waals surface area contributed by atoms with Gasteiger partial charge in [-0.3, -0.25) is 9.59 Å². The van der Waals surface area contributed by atoms with E-state index in [1.54, 1.807) is 7.11 Å². The van der Waals surface area contributed by atoms with E-state index in [0.717, 1.165) is 68.7 Å². The van der Waals surface area contributed by atoms with Crippen LogP contribution in [0.3, 0.4) is 0 Å². The molecule has 1 spiro atoms. The molecular weight excluding hydrogens is 513 g/mol. The molecule has 2 aliphatic heterocycles. The fourth-order valence-corrected chi connectivity index (χ4v) is 5.49. The molecule has 0 radical (unpaired) electrons. The van der Waals surface area contributed by atoms with Gasteiger partial charge >= 0.3 is 0 Å². The predicted octanol–water partition coefficient (Wildman–Crippen LogP) is 4.48. The molecule has 0 bridgehead atoms. The maximum Gasteiger partial charge on any atom is 0.246 e. The van der Waals surface area contributed by atoms with Crippen molar-refractivity contribution >= 4 is 35.8 Å². The summed E-state index contributed by atoms with van der Waals surface area (Å²) in [6.07, 6.45) is 3.47. The first-order valence-electron chi connectivity index (χ1n) is 12.6.